The summed E-state index contributed by atoms with van der Waals surface area (Å²) in [5, 5.41) is 2.81. The molecule has 2 aliphatic rings. The lowest BCUT2D eigenvalue weighted by Crippen LogP contribution is -2.49. The highest BCUT2D eigenvalue weighted by Crippen LogP contribution is 2.34. The number of hydrogen-bond acceptors (Lipinski definition) is 3. The first kappa shape index (κ1) is 21.3. The number of carbonyl (C=O) groups excluding carboxylic acids is 3. The summed E-state index contributed by atoms with van der Waals surface area (Å²) in [5.41, 5.74) is -0.704. The number of unbranched alkanes of at least 4 members (excludes halogenated alkanes) is 1. The van der Waals surface area contributed by atoms with Gasteiger partial charge in [0.15, 0.2) is 0 Å². The second-order valence-electron chi connectivity index (χ2n) is 8.58. The van der Waals surface area contributed by atoms with Crippen LogP contribution in [-0.4, -0.2) is 47.3 Å². The van der Waals surface area contributed by atoms with Crippen LogP contribution in [-0.2, 0) is 15.1 Å². The van der Waals surface area contributed by atoms with Crippen LogP contribution in [0.15, 0.2) is 24.3 Å². The molecule has 4 amide bonds. The van der Waals surface area contributed by atoms with Crippen molar-refractivity contribution < 1.29 is 18.8 Å². The van der Waals surface area contributed by atoms with Gasteiger partial charge in [-0.3, -0.25) is 14.5 Å². The van der Waals surface area contributed by atoms with Gasteiger partial charge in [-0.1, -0.05) is 45.7 Å². The second kappa shape index (κ2) is 8.51. The third-order valence-corrected chi connectivity index (χ3v) is 5.93. The molecule has 0 spiro atoms. The standard InChI is InChI=1S/C22H30FN3O3/c1-4-5-10-22(17-6-8-18(23)9-7-17)20(28)26(21(29)24-22)14-19(27)25-12-15(2)11-16(3)13-25/h6-9,15-16H,4-5,10-14H2,1-3H3,(H,24,29). The zero-order valence-electron chi connectivity index (χ0n) is 17.4. The van der Waals surface area contributed by atoms with Gasteiger partial charge < -0.3 is 10.2 Å². The van der Waals surface area contributed by atoms with E-state index in [1.54, 1.807) is 4.90 Å². The maximum Gasteiger partial charge on any atom is 0.325 e. The highest BCUT2D eigenvalue weighted by atomic mass is 19.1. The summed E-state index contributed by atoms with van der Waals surface area (Å²) in [6.45, 7) is 7.23. The monoisotopic (exact) mass is 403 g/mol. The van der Waals surface area contributed by atoms with Crippen molar-refractivity contribution in [3.8, 4) is 0 Å². The second-order valence-corrected chi connectivity index (χ2v) is 8.58. The number of nitrogens with zero attached hydrogens (tertiary/aromatic N) is 2. The number of nitrogens with one attached hydrogen (secondary N) is 1. The first-order valence-corrected chi connectivity index (χ1v) is 10.4. The van der Waals surface area contributed by atoms with Crippen LogP contribution in [0.4, 0.5) is 9.18 Å². The topological polar surface area (TPSA) is 69.7 Å². The van der Waals surface area contributed by atoms with Crippen LogP contribution in [0, 0.1) is 17.7 Å². The van der Waals surface area contributed by atoms with Gasteiger partial charge in [0.2, 0.25) is 5.91 Å². The van der Waals surface area contributed by atoms with Gasteiger partial charge in [-0.25, -0.2) is 9.18 Å². The molecular formula is C22H30FN3O3. The Bertz CT molecular complexity index is 772. The van der Waals surface area contributed by atoms with Crippen LogP contribution in [0.5, 0.6) is 0 Å². The van der Waals surface area contributed by atoms with Gasteiger partial charge in [0.1, 0.15) is 17.9 Å². The molecule has 0 saturated carbocycles. The molecule has 7 heteroatoms. The summed E-state index contributed by atoms with van der Waals surface area (Å²) in [6, 6.07) is 5.06. The minimum Gasteiger partial charge on any atom is -0.341 e. The van der Waals surface area contributed by atoms with E-state index in [9.17, 15) is 18.8 Å². The van der Waals surface area contributed by atoms with Crippen LogP contribution < -0.4 is 5.32 Å². The molecule has 158 valence electrons. The molecule has 3 atom stereocenters. The van der Waals surface area contributed by atoms with Crippen molar-refractivity contribution in [2.24, 2.45) is 11.8 Å². The molecule has 3 unspecified atom stereocenters. The summed E-state index contributed by atoms with van der Waals surface area (Å²) in [6.07, 6.45) is 3.03. The number of halogens is 1. The highest BCUT2D eigenvalue weighted by Gasteiger charge is 2.52. The summed E-state index contributed by atoms with van der Waals surface area (Å²) < 4.78 is 13.4. The molecule has 3 rings (SSSR count). The molecule has 2 heterocycles. The molecule has 29 heavy (non-hydrogen) atoms. The maximum absolute atomic E-state index is 13.4. The smallest absolute Gasteiger partial charge is 0.325 e. The van der Waals surface area contributed by atoms with Crippen LogP contribution in [0.3, 0.4) is 0 Å². The number of urea groups is 1. The number of rotatable bonds is 6. The van der Waals surface area contributed by atoms with Crippen molar-refractivity contribution in [1.82, 2.24) is 15.1 Å². The van der Waals surface area contributed by atoms with E-state index in [4.69, 9.17) is 0 Å². The Labute approximate surface area is 171 Å². The zero-order chi connectivity index (χ0) is 21.2. The lowest BCUT2D eigenvalue weighted by Gasteiger charge is -2.35. The molecule has 1 aromatic rings. The Balaban J connectivity index is 1.82. The number of likely N-dealkylation sites (tertiary alicyclic amines) is 1. The van der Waals surface area contributed by atoms with Gasteiger partial charge in [0.05, 0.1) is 0 Å². The van der Waals surface area contributed by atoms with E-state index in [0.29, 0.717) is 43.3 Å². The fourth-order valence-electron chi connectivity index (χ4n) is 4.56. The van der Waals surface area contributed by atoms with Crippen LogP contribution in [0.1, 0.15) is 52.0 Å². The Kier molecular flexibility index (Phi) is 6.24. The van der Waals surface area contributed by atoms with Crippen LogP contribution >= 0.6 is 0 Å². The Hall–Kier alpha value is -2.44. The lowest BCUT2D eigenvalue weighted by molar-refractivity contribution is -0.140. The summed E-state index contributed by atoms with van der Waals surface area (Å²) >= 11 is 0. The van der Waals surface area contributed by atoms with Gasteiger partial charge in [-0.05, 0) is 42.4 Å². The third-order valence-electron chi connectivity index (χ3n) is 5.93. The number of imide groups is 1. The van der Waals surface area contributed by atoms with Crippen molar-refractivity contribution in [2.45, 2.75) is 52.0 Å². The lowest BCUT2D eigenvalue weighted by atomic mass is 9.84. The van der Waals surface area contributed by atoms with Crippen molar-refractivity contribution >= 4 is 17.8 Å². The average Bonchev–Trinajstić information content (AvgIpc) is 2.91. The Morgan fingerprint density at radius 3 is 2.38 bits per heavy atom. The number of benzene rings is 1. The summed E-state index contributed by atoms with van der Waals surface area (Å²) in [5.74, 6) is -0.259. The largest absolute Gasteiger partial charge is 0.341 e. The summed E-state index contributed by atoms with van der Waals surface area (Å²) in [4.78, 5) is 41.7. The van der Waals surface area contributed by atoms with Crippen molar-refractivity contribution in [1.29, 1.82) is 0 Å². The molecule has 2 saturated heterocycles. The maximum atomic E-state index is 13.4. The molecule has 2 aliphatic heterocycles. The van der Waals surface area contributed by atoms with Gasteiger partial charge in [0.25, 0.3) is 5.91 Å². The van der Waals surface area contributed by atoms with Crippen molar-refractivity contribution in [2.75, 3.05) is 19.6 Å². The fraction of sp³-hybridized carbons (Fsp3) is 0.591. The number of carbonyl (C=O) groups is 3. The van der Waals surface area contributed by atoms with Crippen LogP contribution in [0.2, 0.25) is 0 Å². The SMILES string of the molecule is CCCCC1(c2ccc(F)cc2)NC(=O)N(CC(=O)N2CC(C)CC(C)C2)C1=O. The molecular weight excluding hydrogens is 373 g/mol. The van der Waals surface area contributed by atoms with Crippen molar-refractivity contribution in [3.05, 3.63) is 35.6 Å². The Morgan fingerprint density at radius 2 is 1.79 bits per heavy atom. The van der Waals surface area contributed by atoms with E-state index in [2.05, 4.69) is 19.2 Å². The van der Waals surface area contributed by atoms with Gasteiger partial charge in [-0.15, -0.1) is 0 Å². The number of hydrogen-bond donors (Lipinski definition) is 1. The number of amides is 4. The predicted octanol–water partition coefficient (Wildman–Crippen LogP) is 3.27. The molecule has 0 bridgehead atoms. The van der Waals surface area contributed by atoms with E-state index in [-0.39, 0.29) is 12.5 Å². The highest BCUT2D eigenvalue weighted by molar-refractivity contribution is 6.09. The third kappa shape index (κ3) is 4.28. The first-order valence-electron chi connectivity index (χ1n) is 10.4. The Morgan fingerprint density at radius 1 is 1.17 bits per heavy atom. The molecule has 6 nitrogen and oxygen atoms in total. The van der Waals surface area contributed by atoms with E-state index in [1.807, 2.05) is 6.92 Å². The minimum absolute atomic E-state index is 0.211. The molecule has 0 radical (unpaired) electrons. The van der Waals surface area contributed by atoms with Crippen molar-refractivity contribution in [3.63, 3.8) is 0 Å². The summed E-state index contributed by atoms with van der Waals surface area (Å²) in [7, 11) is 0. The van der Waals surface area contributed by atoms with Gasteiger partial charge in [0, 0.05) is 13.1 Å². The number of piperidine rings is 1. The van der Waals surface area contributed by atoms with E-state index in [1.165, 1.54) is 24.3 Å². The van der Waals surface area contributed by atoms with E-state index in [0.717, 1.165) is 17.7 Å². The van der Waals surface area contributed by atoms with E-state index < -0.39 is 23.3 Å². The molecule has 0 aliphatic carbocycles. The molecule has 1 aromatic carbocycles. The molecule has 2 fully saturated rings. The normalized spacial score (nSPS) is 27.3. The molecule has 1 N–H and O–H groups in total. The molecule has 0 aromatic heterocycles. The van der Waals surface area contributed by atoms with Gasteiger partial charge in [-0.2, -0.15) is 0 Å². The van der Waals surface area contributed by atoms with Crippen LogP contribution in [0.25, 0.3) is 0 Å². The minimum atomic E-state index is -1.25. The zero-order valence-corrected chi connectivity index (χ0v) is 17.4. The average molecular weight is 403 g/mol. The first-order chi connectivity index (χ1) is 13.8. The fourth-order valence-corrected chi connectivity index (χ4v) is 4.56. The van der Waals surface area contributed by atoms with Gasteiger partial charge >= 0.3 is 6.03 Å². The predicted molar refractivity (Wildman–Crippen MR) is 107 cm³/mol. The quantitative estimate of drug-likeness (QED) is 0.741. The van der Waals surface area contributed by atoms with E-state index >= 15 is 0 Å².